The van der Waals surface area contributed by atoms with Crippen LogP contribution < -0.4 is 5.32 Å². The lowest BCUT2D eigenvalue weighted by Gasteiger charge is -2.37. The molecular formula is C31H29N5O7S. The van der Waals surface area contributed by atoms with Crippen LogP contribution in [0.5, 0.6) is 0 Å². The first kappa shape index (κ1) is 29.1. The summed E-state index contributed by atoms with van der Waals surface area (Å²) in [5.41, 5.74) is 2.17. The number of amides is 2. The quantitative estimate of drug-likeness (QED) is 0.221. The van der Waals surface area contributed by atoms with Crippen molar-refractivity contribution in [2.45, 2.75) is 48.8 Å². The molecule has 2 saturated heterocycles. The van der Waals surface area contributed by atoms with Crippen molar-refractivity contribution in [1.29, 1.82) is 0 Å². The van der Waals surface area contributed by atoms with Crippen LogP contribution in [-0.2, 0) is 42.1 Å². The van der Waals surface area contributed by atoms with E-state index in [2.05, 4.69) is 15.6 Å². The van der Waals surface area contributed by atoms with E-state index in [1.165, 1.54) is 17.8 Å². The highest BCUT2D eigenvalue weighted by Crippen LogP contribution is 2.47. The highest BCUT2D eigenvalue weighted by molar-refractivity contribution is 7.93. The van der Waals surface area contributed by atoms with Gasteiger partial charge in [0, 0.05) is 0 Å². The van der Waals surface area contributed by atoms with Gasteiger partial charge in [0.25, 0.3) is 0 Å². The molecule has 3 heterocycles. The molecule has 0 aliphatic carbocycles. The fraction of sp³-hybridized carbons (Fsp3) is 0.258. The van der Waals surface area contributed by atoms with E-state index in [1.807, 2.05) is 91.0 Å². The Bertz CT molecular complexity index is 1740. The SMILES string of the molecule is C[C@]1(Cn2cc(NC(=O)OCc3ccccc3)nn2)[C@H](C(=O)OC(c2ccccc2)c2ccccc2)N2C(=O)C[C@@H]2S1(=O)=O. The molecule has 0 bridgehead atoms. The Morgan fingerprint density at radius 3 is 2.16 bits per heavy atom. The van der Waals surface area contributed by atoms with Crippen molar-refractivity contribution in [2.24, 2.45) is 0 Å². The molecule has 4 aromatic rings. The number of hydrogen-bond acceptors (Lipinski definition) is 9. The van der Waals surface area contributed by atoms with Crippen molar-refractivity contribution in [2.75, 3.05) is 5.32 Å². The number of carbonyl (C=O) groups is 3. The first-order valence-electron chi connectivity index (χ1n) is 13.9. The monoisotopic (exact) mass is 615 g/mol. The van der Waals surface area contributed by atoms with E-state index in [0.717, 1.165) is 10.5 Å². The normalized spacial score (nSPS) is 21.8. The van der Waals surface area contributed by atoms with Gasteiger partial charge in [0.2, 0.25) is 5.91 Å². The van der Waals surface area contributed by atoms with Crippen molar-refractivity contribution in [1.82, 2.24) is 19.9 Å². The maximum Gasteiger partial charge on any atom is 0.413 e. The van der Waals surface area contributed by atoms with Crippen molar-refractivity contribution >= 4 is 33.6 Å². The maximum atomic E-state index is 14.0. The van der Waals surface area contributed by atoms with E-state index in [9.17, 15) is 22.8 Å². The minimum atomic E-state index is -4.07. The molecule has 2 fully saturated rings. The molecule has 3 atom stereocenters. The van der Waals surface area contributed by atoms with Crippen LogP contribution in [0.4, 0.5) is 10.6 Å². The van der Waals surface area contributed by atoms with Crippen LogP contribution in [0.1, 0.15) is 36.1 Å². The zero-order valence-electron chi connectivity index (χ0n) is 23.6. The van der Waals surface area contributed by atoms with E-state index in [0.29, 0.717) is 11.1 Å². The molecular weight excluding hydrogens is 586 g/mol. The maximum absolute atomic E-state index is 14.0. The van der Waals surface area contributed by atoms with Crippen molar-refractivity contribution in [3.05, 3.63) is 114 Å². The van der Waals surface area contributed by atoms with Crippen LogP contribution in [0.2, 0.25) is 0 Å². The minimum absolute atomic E-state index is 0.0220. The summed E-state index contributed by atoms with van der Waals surface area (Å²) in [5.74, 6) is -1.29. The average molecular weight is 616 g/mol. The molecule has 6 rings (SSSR count). The molecule has 2 amide bonds. The molecule has 13 heteroatoms. The zero-order valence-corrected chi connectivity index (χ0v) is 24.5. The number of esters is 1. The summed E-state index contributed by atoms with van der Waals surface area (Å²) in [7, 11) is -4.07. The van der Waals surface area contributed by atoms with Crippen molar-refractivity contribution < 1.29 is 32.3 Å². The number of β-lactam (4-membered cyclic amide) rings is 1. The van der Waals surface area contributed by atoms with Gasteiger partial charge in [0.15, 0.2) is 27.8 Å². The van der Waals surface area contributed by atoms with Gasteiger partial charge in [-0.2, -0.15) is 0 Å². The van der Waals surface area contributed by atoms with Gasteiger partial charge in [-0.05, 0) is 23.6 Å². The molecule has 2 aliphatic heterocycles. The number of hydrogen-bond donors (Lipinski definition) is 1. The molecule has 2 aliphatic rings. The van der Waals surface area contributed by atoms with Crippen LogP contribution in [-0.4, -0.2) is 62.4 Å². The molecule has 3 aromatic carbocycles. The van der Waals surface area contributed by atoms with Gasteiger partial charge < -0.3 is 14.4 Å². The number of aromatic nitrogens is 3. The molecule has 0 unspecified atom stereocenters. The van der Waals surface area contributed by atoms with Gasteiger partial charge in [0.1, 0.15) is 16.7 Å². The summed E-state index contributed by atoms with van der Waals surface area (Å²) in [5, 5.41) is 9.19. The smallest absolute Gasteiger partial charge is 0.413 e. The summed E-state index contributed by atoms with van der Waals surface area (Å²) in [6.07, 6.45) is -0.498. The first-order chi connectivity index (χ1) is 21.2. The predicted molar refractivity (Wildman–Crippen MR) is 157 cm³/mol. The van der Waals surface area contributed by atoms with E-state index < -0.39 is 50.1 Å². The van der Waals surface area contributed by atoms with Crippen LogP contribution in [0, 0.1) is 0 Å². The fourth-order valence-electron chi connectivity index (χ4n) is 5.65. The third-order valence-corrected chi connectivity index (χ3v) is 10.7. The lowest BCUT2D eigenvalue weighted by atomic mass is 9.95. The fourth-order valence-corrected chi connectivity index (χ4v) is 8.01. The topological polar surface area (TPSA) is 150 Å². The molecule has 1 N–H and O–H groups in total. The Balaban J connectivity index is 1.23. The van der Waals surface area contributed by atoms with E-state index in [1.54, 1.807) is 0 Å². The Labute approximate surface area is 253 Å². The van der Waals surface area contributed by atoms with E-state index >= 15 is 0 Å². The molecule has 0 spiro atoms. The van der Waals surface area contributed by atoms with E-state index in [4.69, 9.17) is 9.47 Å². The summed E-state index contributed by atoms with van der Waals surface area (Å²) >= 11 is 0. The van der Waals surface area contributed by atoms with E-state index in [-0.39, 0.29) is 25.4 Å². The van der Waals surface area contributed by atoms with Gasteiger partial charge in [-0.1, -0.05) is 96.2 Å². The number of ether oxygens (including phenoxy) is 2. The second kappa shape index (κ2) is 11.6. The second-order valence-electron chi connectivity index (χ2n) is 10.8. The van der Waals surface area contributed by atoms with Crippen molar-refractivity contribution in [3.63, 3.8) is 0 Å². The molecule has 12 nitrogen and oxygen atoms in total. The Morgan fingerprint density at radius 1 is 0.977 bits per heavy atom. The summed E-state index contributed by atoms with van der Waals surface area (Å²) in [6.45, 7) is 1.12. The van der Waals surface area contributed by atoms with Crippen molar-refractivity contribution in [3.8, 4) is 0 Å². The minimum Gasteiger partial charge on any atom is -0.451 e. The Kier molecular flexibility index (Phi) is 7.64. The number of sulfone groups is 1. The standard InChI is InChI=1S/C31H29N5O7S/c1-31(20-35-18-24(33-34-35)32-30(39)42-19-21-11-5-2-6-12-21)28(36-25(37)17-26(36)44(31,40)41)29(38)43-27(22-13-7-3-8-14-22)23-15-9-4-10-16-23/h2-16,18,26-28H,17,19-20H2,1H3,(H,32,39)/t26-,28-,31-/m0/s1. The summed E-state index contributed by atoms with van der Waals surface area (Å²) < 4.78 is 38.3. The van der Waals surface area contributed by atoms with Gasteiger partial charge in [-0.15, -0.1) is 5.10 Å². The van der Waals surface area contributed by atoms with Gasteiger partial charge in [-0.3, -0.25) is 10.1 Å². The van der Waals surface area contributed by atoms with Gasteiger partial charge in [0.05, 0.1) is 19.2 Å². The predicted octanol–water partition coefficient (Wildman–Crippen LogP) is 3.47. The van der Waals surface area contributed by atoms with Gasteiger partial charge in [-0.25, -0.2) is 22.7 Å². The lowest BCUT2D eigenvalue weighted by molar-refractivity contribution is -0.164. The molecule has 1 aromatic heterocycles. The number of rotatable bonds is 9. The molecule has 0 radical (unpaired) electrons. The van der Waals surface area contributed by atoms with Gasteiger partial charge >= 0.3 is 12.1 Å². The first-order valence-corrected chi connectivity index (χ1v) is 15.4. The second-order valence-corrected chi connectivity index (χ2v) is 13.4. The number of anilines is 1. The zero-order chi connectivity index (χ0) is 30.9. The highest BCUT2D eigenvalue weighted by atomic mass is 32.2. The number of fused-ring (bicyclic) bond motifs is 1. The van der Waals surface area contributed by atoms with Crippen LogP contribution in [0.25, 0.3) is 0 Å². The number of nitrogens with zero attached hydrogens (tertiary/aromatic N) is 4. The van der Waals surface area contributed by atoms with Crippen LogP contribution in [0.3, 0.4) is 0 Å². The summed E-state index contributed by atoms with van der Waals surface area (Å²) in [4.78, 5) is 40.1. The highest BCUT2D eigenvalue weighted by Gasteiger charge is 2.70. The Morgan fingerprint density at radius 2 is 1.57 bits per heavy atom. The average Bonchev–Trinajstić information content (AvgIpc) is 3.51. The number of benzene rings is 3. The molecule has 44 heavy (non-hydrogen) atoms. The molecule has 226 valence electrons. The number of nitrogens with one attached hydrogen (secondary N) is 1. The number of carbonyl (C=O) groups excluding carboxylic acids is 3. The third kappa shape index (κ3) is 5.30. The lowest BCUT2D eigenvalue weighted by Crippen LogP contribution is -2.58. The largest absolute Gasteiger partial charge is 0.451 e. The Hall–Kier alpha value is -5.04. The summed E-state index contributed by atoms with van der Waals surface area (Å²) in [6, 6.07) is 25.8. The van der Waals surface area contributed by atoms with Crippen LogP contribution in [0.15, 0.2) is 97.2 Å². The van der Waals surface area contributed by atoms with Crippen LogP contribution >= 0.6 is 0 Å². The third-order valence-electron chi connectivity index (χ3n) is 7.93. The molecule has 0 saturated carbocycles.